The molecule has 1 aliphatic heterocycles. The van der Waals surface area contributed by atoms with Gasteiger partial charge in [0.25, 0.3) is 5.69 Å². The maximum Gasteiger partial charge on any atom is 0.255 e. The van der Waals surface area contributed by atoms with E-state index in [2.05, 4.69) is 32.2 Å². The van der Waals surface area contributed by atoms with Crippen LogP contribution >= 0.6 is 15.9 Å². The fraction of sp³-hybridized carbons (Fsp3) is 0.0833. The SMILES string of the molecule is [C-]#[N+]c1c(-c2ccc(Oc3ccccc3)cc2)nn2c1Nc1cc(Br)ccc1CC2. The number of benzene rings is 3. The molecule has 0 bridgehead atoms. The molecular weight excluding hydrogens is 440 g/mol. The Hall–Kier alpha value is -3.56. The topological polar surface area (TPSA) is 43.4 Å². The van der Waals surface area contributed by atoms with E-state index in [-0.39, 0.29) is 0 Å². The standard InChI is InChI=1S/C24H17BrN4O/c1-26-23-22(17-8-11-20(12-9-17)30-19-5-3-2-4-6-19)28-29-14-13-16-7-10-18(25)15-21(16)27-24(23)29/h2-12,15,27H,13-14H2. The number of hydrogen-bond donors (Lipinski definition) is 1. The molecule has 0 spiro atoms. The predicted octanol–water partition coefficient (Wildman–Crippen LogP) is 6.96. The third-order valence-electron chi connectivity index (χ3n) is 5.06. The number of halogens is 1. The first-order chi connectivity index (χ1) is 14.7. The van der Waals surface area contributed by atoms with Crippen LogP contribution in [0, 0.1) is 6.57 Å². The Bertz CT molecular complexity index is 1260. The molecule has 1 N–H and O–H groups in total. The van der Waals surface area contributed by atoms with Gasteiger partial charge in [0.1, 0.15) is 23.0 Å². The van der Waals surface area contributed by atoms with Crippen LogP contribution in [-0.4, -0.2) is 9.78 Å². The number of hydrogen-bond acceptors (Lipinski definition) is 3. The van der Waals surface area contributed by atoms with Crippen molar-refractivity contribution in [3.8, 4) is 22.8 Å². The van der Waals surface area contributed by atoms with Crippen molar-refractivity contribution < 1.29 is 4.74 Å². The van der Waals surface area contributed by atoms with Gasteiger partial charge in [-0.25, -0.2) is 4.85 Å². The minimum Gasteiger partial charge on any atom is -0.457 e. The van der Waals surface area contributed by atoms with E-state index in [1.165, 1.54) is 5.56 Å². The fourth-order valence-corrected chi connectivity index (χ4v) is 3.94. The number of nitrogens with zero attached hydrogens (tertiary/aromatic N) is 3. The third kappa shape index (κ3) is 3.44. The number of ether oxygens (including phenoxy) is 1. The Kier molecular flexibility index (Phi) is 4.74. The number of rotatable bonds is 3. The van der Waals surface area contributed by atoms with Crippen molar-refractivity contribution in [1.82, 2.24) is 9.78 Å². The molecule has 4 aromatic rings. The van der Waals surface area contributed by atoms with Gasteiger partial charge in [0.05, 0.1) is 6.57 Å². The van der Waals surface area contributed by atoms with Crippen LogP contribution in [0.1, 0.15) is 5.56 Å². The summed E-state index contributed by atoms with van der Waals surface area (Å²) in [5.74, 6) is 2.27. The molecule has 146 valence electrons. The van der Waals surface area contributed by atoms with Gasteiger partial charge < -0.3 is 10.1 Å². The summed E-state index contributed by atoms with van der Waals surface area (Å²) in [6, 6.07) is 23.5. The number of nitrogens with one attached hydrogen (secondary N) is 1. The lowest BCUT2D eigenvalue weighted by Crippen LogP contribution is -2.02. The van der Waals surface area contributed by atoms with Crippen LogP contribution in [0.25, 0.3) is 16.1 Å². The van der Waals surface area contributed by atoms with Crippen LogP contribution in [0.3, 0.4) is 0 Å². The number of anilines is 2. The lowest BCUT2D eigenvalue weighted by Gasteiger charge is -2.08. The molecule has 2 heterocycles. The van der Waals surface area contributed by atoms with Crippen molar-refractivity contribution in [2.45, 2.75) is 13.0 Å². The number of aryl methyl sites for hydroxylation is 2. The van der Waals surface area contributed by atoms with E-state index in [1.54, 1.807) is 0 Å². The van der Waals surface area contributed by atoms with Crippen LogP contribution in [0.15, 0.2) is 77.3 Å². The van der Waals surface area contributed by atoms with Gasteiger partial charge in [-0.3, -0.25) is 4.68 Å². The largest absolute Gasteiger partial charge is 0.457 e. The Morgan fingerprint density at radius 2 is 1.77 bits per heavy atom. The van der Waals surface area contributed by atoms with E-state index in [1.807, 2.05) is 71.4 Å². The predicted molar refractivity (Wildman–Crippen MR) is 122 cm³/mol. The molecule has 0 fully saturated rings. The second-order valence-electron chi connectivity index (χ2n) is 7.00. The Balaban J connectivity index is 1.48. The zero-order valence-corrected chi connectivity index (χ0v) is 17.6. The molecule has 0 radical (unpaired) electrons. The summed E-state index contributed by atoms with van der Waals surface area (Å²) >= 11 is 3.53. The molecule has 0 saturated carbocycles. The Labute approximate surface area is 182 Å². The lowest BCUT2D eigenvalue weighted by molar-refractivity contribution is 0.483. The smallest absolute Gasteiger partial charge is 0.255 e. The zero-order valence-electron chi connectivity index (χ0n) is 16.0. The molecule has 0 saturated heterocycles. The molecule has 6 heteroatoms. The van der Waals surface area contributed by atoms with Crippen molar-refractivity contribution >= 4 is 33.1 Å². The Morgan fingerprint density at radius 3 is 2.53 bits per heavy atom. The van der Waals surface area contributed by atoms with E-state index >= 15 is 0 Å². The monoisotopic (exact) mass is 456 g/mol. The van der Waals surface area contributed by atoms with E-state index in [9.17, 15) is 0 Å². The fourth-order valence-electron chi connectivity index (χ4n) is 3.58. The van der Waals surface area contributed by atoms with Crippen LogP contribution < -0.4 is 10.1 Å². The third-order valence-corrected chi connectivity index (χ3v) is 5.56. The van der Waals surface area contributed by atoms with E-state index in [0.717, 1.165) is 39.5 Å². The van der Waals surface area contributed by atoms with Gasteiger partial charge in [0.15, 0.2) is 0 Å². The first-order valence-electron chi connectivity index (χ1n) is 9.58. The first kappa shape index (κ1) is 18.5. The van der Waals surface area contributed by atoms with Gasteiger partial charge in [-0.2, -0.15) is 5.10 Å². The van der Waals surface area contributed by atoms with Crippen molar-refractivity contribution in [3.05, 3.63) is 94.2 Å². The molecule has 3 aromatic carbocycles. The summed E-state index contributed by atoms with van der Waals surface area (Å²) in [6.07, 6.45) is 0.852. The summed E-state index contributed by atoms with van der Waals surface area (Å²) in [4.78, 5) is 3.81. The van der Waals surface area contributed by atoms with Crippen molar-refractivity contribution in [3.63, 3.8) is 0 Å². The molecule has 0 aliphatic carbocycles. The molecule has 0 unspecified atom stereocenters. The quantitative estimate of drug-likeness (QED) is 0.339. The summed E-state index contributed by atoms with van der Waals surface area (Å²) in [5.41, 5.74) is 4.31. The highest BCUT2D eigenvalue weighted by Gasteiger charge is 2.23. The number of fused-ring (bicyclic) bond motifs is 2. The van der Waals surface area contributed by atoms with Gasteiger partial charge in [-0.05, 0) is 53.9 Å². The summed E-state index contributed by atoms with van der Waals surface area (Å²) in [6.45, 7) is 8.49. The average Bonchev–Trinajstić information content (AvgIpc) is 3.01. The highest BCUT2D eigenvalue weighted by atomic mass is 79.9. The minimum absolute atomic E-state index is 0.527. The molecule has 5 rings (SSSR count). The highest BCUT2D eigenvalue weighted by molar-refractivity contribution is 9.10. The number of aromatic nitrogens is 2. The van der Waals surface area contributed by atoms with Gasteiger partial charge in [-0.1, -0.05) is 52.3 Å². The zero-order chi connectivity index (χ0) is 20.5. The molecule has 5 nitrogen and oxygen atoms in total. The molecular formula is C24H17BrN4O. The number of para-hydroxylation sites is 1. The maximum atomic E-state index is 7.78. The molecule has 30 heavy (non-hydrogen) atoms. The summed E-state index contributed by atoms with van der Waals surface area (Å²) in [5, 5.41) is 8.19. The lowest BCUT2D eigenvalue weighted by atomic mass is 10.1. The van der Waals surface area contributed by atoms with Crippen LogP contribution in [-0.2, 0) is 13.0 Å². The second-order valence-corrected chi connectivity index (χ2v) is 7.91. The highest BCUT2D eigenvalue weighted by Crippen LogP contribution is 2.41. The van der Waals surface area contributed by atoms with E-state index < -0.39 is 0 Å². The summed E-state index contributed by atoms with van der Waals surface area (Å²) < 4.78 is 8.77. The molecule has 1 aromatic heterocycles. The maximum absolute atomic E-state index is 7.78. The van der Waals surface area contributed by atoms with Gasteiger partial charge in [-0.15, -0.1) is 0 Å². The van der Waals surface area contributed by atoms with Crippen LogP contribution in [0.5, 0.6) is 11.5 Å². The average molecular weight is 457 g/mol. The molecule has 0 atom stereocenters. The van der Waals surface area contributed by atoms with E-state index in [0.29, 0.717) is 17.9 Å². The van der Waals surface area contributed by atoms with Crippen LogP contribution in [0.2, 0.25) is 0 Å². The van der Waals surface area contributed by atoms with Crippen molar-refractivity contribution in [2.24, 2.45) is 0 Å². The molecule has 1 aliphatic rings. The van der Waals surface area contributed by atoms with Crippen molar-refractivity contribution in [1.29, 1.82) is 0 Å². The van der Waals surface area contributed by atoms with Gasteiger partial charge >= 0.3 is 0 Å². The second kappa shape index (κ2) is 7.69. The van der Waals surface area contributed by atoms with Gasteiger partial charge in [0, 0.05) is 16.7 Å². The normalized spacial score (nSPS) is 12.1. The van der Waals surface area contributed by atoms with Crippen molar-refractivity contribution in [2.75, 3.05) is 5.32 Å². The first-order valence-corrected chi connectivity index (χ1v) is 10.4. The van der Waals surface area contributed by atoms with Gasteiger partial charge in [0.2, 0.25) is 0 Å². The van der Waals surface area contributed by atoms with Crippen LogP contribution in [0.4, 0.5) is 17.2 Å². The Morgan fingerprint density at radius 1 is 1.00 bits per heavy atom. The minimum atomic E-state index is 0.527. The molecule has 0 amide bonds. The van der Waals surface area contributed by atoms with E-state index in [4.69, 9.17) is 16.4 Å². The summed E-state index contributed by atoms with van der Waals surface area (Å²) in [7, 11) is 0.